The molecule has 1 aliphatic heterocycles. The van der Waals surface area contributed by atoms with Crippen LogP contribution in [-0.4, -0.2) is 41.2 Å². The number of likely N-dealkylation sites (tertiary alicyclic amines) is 1. The Morgan fingerprint density at radius 2 is 1.53 bits per heavy atom. The highest BCUT2D eigenvalue weighted by atomic mass is 16.5. The molecular formula is C29H34N2O5. The molecule has 0 unspecified atom stereocenters. The predicted molar refractivity (Wildman–Crippen MR) is 132 cm³/mol. The molecule has 3 saturated carbocycles. The Kier molecular flexibility index (Phi) is 5.77. The lowest BCUT2D eigenvalue weighted by Gasteiger charge is -2.37. The Labute approximate surface area is 211 Å². The Bertz CT molecular complexity index is 1080. The van der Waals surface area contributed by atoms with Gasteiger partial charge in [-0.25, -0.2) is 4.79 Å². The van der Waals surface area contributed by atoms with Gasteiger partial charge in [-0.2, -0.15) is 0 Å². The van der Waals surface area contributed by atoms with Crippen LogP contribution < -0.4 is 5.32 Å². The van der Waals surface area contributed by atoms with Crippen LogP contribution >= 0.6 is 0 Å². The summed E-state index contributed by atoms with van der Waals surface area (Å²) >= 11 is 0. The lowest BCUT2D eigenvalue weighted by Crippen LogP contribution is -2.44. The smallest absolute Gasteiger partial charge is 0.338 e. The van der Waals surface area contributed by atoms with Crippen molar-refractivity contribution in [1.82, 2.24) is 4.90 Å². The zero-order valence-electron chi connectivity index (χ0n) is 20.9. The zero-order chi connectivity index (χ0) is 25.1. The Hall–Kier alpha value is -2.96. The van der Waals surface area contributed by atoms with E-state index in [9.17, 15) is 19.2 Å². The van der Waals surface area contributed by atoms with E-state index >= 15 is 0 Å². The van der Waals surface area contributed by atoms with Gasteiger partial charge < -0.3 is 10.1 Å². The van der Waals surface area contributed by atoms with E-state index in [2.05, 4.69) is 17.5 Å². The molecule has 1 heterocycles. The van der Waals surface area contributed by atoms with E-state index in [1.165, 1.54) is 6.42 Å². The summed E-state index contributed by atoms with van der Waals surface area (Å²) in [6, 6.07) is 6.65. The van der Waals surface area contributed by atoms with Crippen LogP contribution in [0.3, 0.4) is 0 Å². The largest absolute Gasteiger partial charge is 0.462 e. The van der Waals surface area contributed by atoms with Gasteiger partial charge in [0.25, 0.3) is 0 Å². The maximum Gasteiger partial charge on any atom is 0.338 e. The normalized spacial score (nSPS) is 36.0. The average molecular weight is 491 g/mol. The number of amides is 3. The van der Waals surface area contributed by atoms with Gasteiger partial charge in [0.1, 0.15) is 0 Å². The second-order valence-corrected chi connectivity index (χ2v) is 11.8. The zero-order valence-corrected chi connectivity index (χ0v) is 20.9. The number of allylic oxidation sites excluding steroid dienone is 2. The molecule has 4 fully saturated rings. The van der Waals surface area contributed by atoms with Crippen LogP contribution in [0.2, 0.25) is 0 Å². The van der Waals surface area contributed by atoms with Crippen LogP contribution in [0, 0.1) is 47.3 Å². The standard InChI is InChI=1S/C29H34N2O5/c1-15(2)14-36-29(35)17-3-7-18(8-4-17)30-26(32)16-5-9-19(10-6-16)31-27(33)24-20-11-12-21(23-13-22(20)23)25(24)28(31)34/h3-4,7-8,11-12,15-16,19-25H,5-6,9-10,13-14H2,1-2H3,(H,30,32)/t16?,19?,20-,21+,22-,23-,24+,25+/m1/s1. The minimum Gasteiger partial charge on any atom is -0.462 e. The molecule has 5 aliphatic carbocycles. The minimum absolute atomic E-state index is 0.0367. The van der Waals surface area contributed by atoms with Gasteiger partial charge in [-0.15, -0.1) is 0 Å². The van der Waals surface area contributed by atoms with Gasteiger partial charge in [-0.3, -0.25) is 19.3 Å². The number of carbonyl (C=O) groups excluding carboxylic acids is 4. The van der Waals surface area contributed by atoms with E-state index in [1.807, 2.05) is 13.8 Å². The molecule has 7 heteroatoms. The van der Waals surface area contributed by atoms with Gasteiger partial charge >= 0.3 is 5.97 Å². The summed E-state index contributed by atoms with van der Waals surface area (Å²) in [5.74, 6) is 1.17. The highest BCUT2D eigenvalue weighted by molar-refractivity contribution is 6.06. The van der Waals surface area contributed by atoms with Crippen LogP contribution in [0.15, 0.2) is 36.4 Å². The van der Waals surface area contributed by atoms with Gasteiger partial charge in [0.05, 0.1) is 24.0 Å². The predicted octanol–water partition coefficient (Wildman–Crippen LogP) is 4.05. The second-order valence-electron chi connectivity index (χ2n) is 11.8. The number of rotatable bonds is 6. The number of carbonyl (C=O) groups is 4. The highest BCUT2D eigenvalue weighted by Gasteiger charge is 2.67. The van der Waals surface area contributed by atoms with Crippen LogP contribution in [0.5, 0.6) is 0 Å². The fourth-order valence-electron chi connectivity index (χ4n) is 7.20. The van der Waals surface area contributed by atoms with Gasteiger partial charge in [0.15, 0.2) is 0 Å². The summed E-state index contributed by atoms with van der Waals surface area (Å²) in [6.45, 7) is 4.33. The number of hydrogen-bond acceptors (Lipinski definition) is 5. The molecular weight excluding hydrogens is 456 g/mol. The number of nitrogens with zero attached hydrogens (tertiary/aromatic N) is 1. The monoisotopic (exact) mass is 490 g/mol. The third-order valence-corrected chi connectivity index (χ3v) is 9.07. The first-order chi connectivity index (χ1) is 17.3. The molecule has 1 aromatic carbocycles. The molecule has 1 saturated heterocycles. The maximum absolute atomic E-state index is 13.4. The first-order valence-corrected chi connectivity index (χ1v) is 13.5. The van der Waals surface area contributed by atoms with Crippen molar-refractivity contribution < 1.29 is 23.9 Å². The second kappa shape index (κ2) is 8.86. The molecule has 0 aromatic heterocycles. The summed E-state index contributed by atoms with van der Waals surface area (Å²) in [4.78, 5) is 53.3. The molecule has 7 nitrogen and oxygen atoms in total. The van der Waals surface area contributed by atoms with Crippen molar-refractivity contribution >= 4 is 29.4 Å². The third-order valence-electron chi connectivity index (χ3n) is 9.07. The fraction of sp³-hybridized carbons (Fsp3) is 0.586. The van der Waals surface area contributed by atoms with Gasteiger partial charge in [-0.05, 0) is 86.0 Å². The number of benzene rings is 1. The van der Waals surface area contributed by atoms with Crippen LogP contribution in [0.1, 0.15) is 56.3 Å². The number of imide groups is 1. The van der Waals surface area contributed by atoms with E-state index < -0.39 is 0 Å². The summed E-state index contributed by atoms with van der Waals surface area (Å²) in [5, 5.41) is 2.95. The number of ether oxygens (including phenoxy) is 1. The quantitative estimate of drug-likeness (QED) is 0.369. The van der Waals surface area contributed by atoms with Gasteiger partial charge in [0, 0.05) is 17.6 Å². The molecule has 2 bridgehead atoms. The van der Waals surface area contributed by atoms with E-state index in [1.54, 1.807) is 29.2 Å². The Balaban J connectivity index is 1.03. The number of esters is 1. The summed E-state index contributed by atoms with van der Waals surface area (Å²) in [7, 11) is 0. The van der Waals surface area contributed by atoms with Crippen LogP contribution in [0.25, 0.3) is 0 Å². The van der Waals surface area contributed by atoms with E-state index in [0.29, 0.717) is 55.4 Å². The van der Waals surface area contributed by atoms with Gasteiger partial charge in [0.2, 0.25) is 17.7 Å². The van der Waals surface area contributed by atoms with Crippen molar-refractivity contribution in [1.29, 1.82) is 0 Å². The van der Waals surface area contributed by atoms with E-state index in [-0.39, 0.29) is 65.2 Å². The van der Waals surface area contributed by atoms with Crippen LogP contribution in [0.4, 0.5) is 5.69 Å². The topological polar surface area (TPSA) is 92.8 Å². The maximum atomic E-state index is 13.4. The molecule has 6 aliphatic rings. The molecule has 6 atom stereocenters. The molecule has 3 amide bonds. The summed E-state index contributed by atoms with van der Waals surface area (Å²) < 4.78 is 5.24. The van der Waals surface area contributed by atoms with Crippen molar-refractivity contribution in [2.75, 3.05) is 11.9 Å². The molecule has 0 radical (unpaired) electrons. The first kappa shape index (κ1) is 23.4. The summed E-state index contributed by atoms with van der Waals surface area (Å²) in [5.41, 5.74) is 1.09. The lowest BCUT2D eigenvalue weighted by atomic mass is 9.63. The van der Waals surface area contributed by atoms with Crippen LogP contribution in [-0.2, 0) is 19.1 Å². The first-order valence-electron chi connectivity index (χ1n) is 13.5. The molecule has 7 rings (SSSR count). The van der Waals surface area contributed by atoms with Crippen molar-refractivity contribution in [2.24, 2.45) is 47.3 Å². The molecule has 190 valence electrons. The fourth-order valence-corrected chi connectivity index (χ4v) is 7.20. The number of anilines is 1. The molecule has 0 spiro atoms. The molecule has 1 N–H and O–H groups in total. The van der Waals surface area contributed by atoms with Crippen molar-refractivity contribution in [3.05, 3.63) is 42.0 Å². The Morgan fingerprint density at radius 3 is 2.08 bits per heavy atom. The minimum atomic E-state index is -0.369. The van der Waals surface area contributed by atoms with Crippen molar-refractivity contribution in [3.63, 3.8) is 0 Å². The Morgan fingerprint density at radius 1 is 0.944 bits per heavy atom. The average Bonchev–Trinajstić information content (AvgIpc) is 3.66. The molecule has 36 heavy (non-hydrogen) atoms. The van der Waals surface area contributed by atoms with E-state index in [0.717, 1.165) is 0 Å². The number of nitrogens with one attached hydrogen (secondary N) is 1. The van der Waals surface area contributed by atoms with Crippen molar-refractivity contribution in [2.45, 2.75) is 52.0 Å². The highest BCUT2D eigenvalue weighted by Crippen LogP contribution is 2.65. The summed E-state index contributed by atoms with van der Waals surface area (Å²) in [6.07, 6.45) is 8.23. The SMILES string of the molecule is CC(C)COC(=O)c1ccc(NC(=O)C2CCC(N3C(=O)[C@H]4[C@@H]5C=C[C@@H]([C@H]6C[C@H]56)[C@@H]4C3=O)CC2)cc1. The number of hydrogen-bond donors (Lipinski definition) is 1. The lowest BCUT2D eigenvalue weighted by molar-refractivity contribution is -0.144. The van der Waals surface area contributed by atoms with E-state index in [4.69, 9.17) is 4.74 Å². The third kappa shape index (κ3) is 3.87. The van der Waals surface area contributed by atoms with Gasteiger partial charge in [-0.1, -0.05) is 26.0 Å². The van der Waals surface area contributed by atoms with Crippen molar-refractivity contribution in [3.8, 4) is 0 Å². The molecule has 1 aromatic rings.